The minimum atomic E-state index is -0.175. The third kappa shape index (κ3) is 3.44. The van der Waals surface area contributed by atoms with Gasteiger partial charge in [0.05, 0.1) is 5.52 Å². The fourth-order valence-corrected chi connectivity index (χ4v) is 3.32. The number of fused-ring (bicyclic) bond motifs is 1. The molecule has 1 fully saturated rings. The van der Waals surface area contributed by atoms with Gasteiger partial charge in [-0.15, -0.1) is 0 Å². The lowest BCUT2D eigenvalue weighted by atomic mass is 10.1. The molecule has 3 aromatic rings. The van der Waals surface area contributed by atoms with Crippen molar-refractivity contribution < 1.29 is 9.18 Å². The third-order valence-corrected chi connectivity index (χ3v) is 4.83. The van der Waals surface area contributed by atoms with Crippen LogP contribution in [0.1, 0.15) is 16.1 Å². The number of hydrogen-bond donors (Lipinski definition) is 0. The van der Waals surface area contributed by atoms with Gasteiger partial charge in [0, 0.05) is 43.7 Å². The van der Waals surface area contributed by atoms with E-state index in [-0.39, 0.29) is 11.7 Å². The minimum Gasteiger partial charge on any atom is -0.335 e. The quantitative estimate of drug-likeness (QED) is 0.728. The molecule has 1 aromatic heterocycles. The molecule has 1 saturated heterocycles. The van der Waals surface area contributed by atoms with Crippen molar-refractivity contribution in [3.05, 3.63) is 77.7 Å². The van der Waals surface area contributed by atoms with E-state index >= 15 is 0 Å². The summed E-state index contributed by atoms with van der Waals surface area (Å²) in [6.07, 6.45) is 0. The first-order chi connectivity index (χ1) is 12.7. The van der Waals surface area contributed by atoms with E-state index in [4.69, 9.17) is 0 Å². The van der Waals surface area contributed by atoms with Crippen molar-refractivity contribution in [1.29, 1.82) is 0 Å². The van der Waals surface area contributed by atoms with Crippen LogP contribution < -0.4 is 0 Å². The molecule has 1 aliphatic rings. The number of pyridine rings is 1. The average molecular weight is 349 g/mol. The van der Waals surface area contributed by atoms with E-state index in [1.165, 1.54) is 6.07 Å². The molecule has 2 heterocycles. The van der Waals surface area contributed by atoms with Gasteiger partial charge in [-0.05, 0) is 18.2 Å². The first-order valence-electron chi connectivity index (χ1n) is 8.81. The zero-order chi connectivity index (χ0) is 17.9. The van der Waals surface area contributed by atoms with Gasteiger partial charge >= 0.3 is 0 Å². The summed E-state index contributed by atoms with van der Waals surface area (Å²) in [6, 6.07) is 18.4. The Morgan fingerprint density at radius 2 is 1.65 bits per heavy atom. The second-order valence-corrected chi connectivity index (χ2v) is 6.55. The van der Waals surface area contributed by atoms with Crippen molar-refractivity contribution >= 4 is 16.8 Å². The number of para-hydroxylation sites is 1. The third-order valence-electron chi connectivity index (χ3n) is 4.83. The van der Waals surface area contributed by atoms with Crippen LogP contribution in [-0.4, -0.2) is 46.9 Å². The molecule has 0 unspecified atom stereocenters. The summed E-state index contributed by atoms with van der Waals surface area (Å²) in [5.74, 6) is -0.215. The standard InChI is InChI=1S/C21H20FN3O/c22-18-7-3-1-6-17(18)15-24-11-13-25(14-12-24)21(26)20-10-9-16-5-2-4-8-19(16)23-20/h1-10H,11-15H2. The van der Waals surface area contributed by atoms with Crippen LogP contribution in [-0.2, 0) is 6.54 Å². The van der Waals surface area contributed by atoms with Gasteiger partial charge < -0.3 is 4.90 Å². The van der Waals surface area contributed by atoms with Crippen LogP contribution in [0, 0.1) is 5.82 Å². The maximum atomic E-state index is 13.8. The molecule has 0 aliphatic carbocycles. The molecule has 5 heteroatoms. The van der Waals surface area contributed by atoms with Gasteiger partial charge in [0.25, 0.3) is 5.91 Å². The van der Waals surface area contributed by atoms with Crippen LogP contribution >= 0.6 is 0 Å². The molecule has 26 heavy (non-hydrogen) atoms. The summed E-state index contributed by atoms with van der Waals surface area (Å²) in [5, 5.41) is 1.03. The maximum absolute atomic E-state index is 13.8. The largest absolute Gasteiger partial charge is 0.335 e. The monoisotopic (exact) mass is 349 g/mol. The van der Waals surface area contributed by atoms with Crippen molar-refractivity contribution in [2.45, 2.75) is 6.54 Å². The summed E-state index contributed by atoms with van der Waals surface area (Å²) in [7, 11) is 0. The summed E-state index contributed by atoms with van der Waals surface area (Å²) in [4.78, 5) is 21.2. The molecular formula is C21H20FN3O. The first kappa shape index (κ1) is 16.7. The molecule has 0 N–H and O–H groups in total. The Bertz CT molecular complexity index is 935. The maximum Gasteiger partial charge on any atom is 0.272 e. The average Bonchev–Trinajstić information content (AvgIpc) is 2.69. The van der Waals surface area contributed by atoms with Gasteiger partial charge in [0.2, 0.25) is 0 Å². The molecule has 0 bridgehead atoms. The van der Waals surface area contributed by atoms with Crippen LogP contribution in [0.15, 0.2) is 60.7 Å². The Hall–Kier alpha value is -2.79. The number of rotatable bonds is 3. The van der Waals surface area contributed by atoms with E-state index in [0.29, 0.717) is 30.9 Å². The number of benzene rings is 2. The van der Waals surface area contributed by atoms with E-state index in [9.17, 15) is 9.18 Å². The first-order valence-corrected chi connectivity index (χ1v) is 8.81. The predicted molar refractivity (Wildman–Crippen MR) is 99.3 cm³/mol. The molecule has 2 aromatic carbocycles. The van der Waals surface area contributed by atoms with Crippen LogP contribution in [0.5, 0.6) is 0 Å². The van der Waals surface area contributed by atoms with Gasteiger partial charge in [0.1, 0.15) is 11.5 Å². The normalized spacial score (nSPS) is 15.3. The number of aromatic nitrogens is 1. The Kier molecular flexibility index (Phi) is 4.63. The lowest BCUT2D eigenvalue weighted by Gasteiger charge is -2.34. The van der Waals surface area contributed by atoms with Crippen molar-refractivity contribution in [2.24, 2.45) is 0 Å². The number of hydrogen-bond acceptors (Lipinski definition) is 3. The molecule has 0 radical (unpaired) electrons. The van der Waals surface area contributed by atoms with Gasteiger partial charge in [0.15, 0.2) is 0 Å². The van der Waals surface area contributed by atoms with Gasteiger partial charge in [-0.2, -0.15) is 0 Å². The van der Waals surface area contributed by atoms with Gasteiger partial charge in [-0.1, -0.05) is 42.5 Å². The number of nitrogens with zero attached hydrogens (tertiary/aromatic N) is 3. The van der Waals surface area contributed by atoms with Crippen LogP contribution in [0.4, 0.5) is 4.39 Å². The Morgan fingerprint density at radius 1 is 0.923 bits per heavy atom. The van der Waals surface area contributed by atoms with Crippen molar-refractivity contribution in [3.8, 4) is 0 Å². The molecule has 132 valence electrons. The lowest BCUT2D eigenvalue weighted by molar-refractivity contribution is 0.0621. The smallest absolute Gasteiger partial charge is 0.272 e. The fraction of sp³-hybridized carbons (Fsp3) is 0.238. The highest BCUT2D eigenvalue weighted by atomic mass is 19.1. The molecule has 1 aliphatic heterocycles. The van der Waals surface area contributed by atoms with E-state index in [0.717, 1.165) is 24.0 Å². The highest BCUT2D eigenvalue weighted by molar-refractivity contribution is 5.95. The highest BCUT2D eigenvalue weighted by Gasteiger charge is 2.23. The molecule has 0 spiro atoms. The van der Waals surface area contributed by atoms with E-state index in [1.54, 1.807) is 12.1 Å². The van der Waals surface area contributed by atoms with Crippen molar-refractivity contribution in [1.82, 2.24) is 14.8 Å². The molecular weight excluding hydrogens is 329 g/mol. The van der Waals surface area contributed by atoms with E-state index in [2.05, 4.69) is 9.88 Å². The molecule has 4 rings (SSSR count). The topological polar surface area (TPSA) is 36.4 Å². The number of carbonyl (C=O) groups is 1. The molecule has 0 atom stereocenters. The number of piperazine rings is 1. The minimum absolute atomic E-state index is 0.0405. The number of amides is 1. The summed E-state index contributed by atoms with van der Waals surface area (Å²) < 4.78 is 13.8. The van der Waals surface area contributed by atoms with Crippen LogP contribution in [0.2, 0.25) is 0 Å². The van der Waals surface area contributed by atoms with Crippen molar-refractivity contribution in [3.63, 3.8) is 0 Å². The zero-order valence-corrected chi connectivity index (χ0v) is 14.4. The molecule has 1 amide bonds. The SMILES string of the molecule is O=C(c1ccc2ccccc2n1)N1CCN(Cc2ccccc2F)CC1. The zero-order valence-electron chi connectivity index (χ0n) is 14.4. The summed E-state index contributed by atoms with van der Waals surface area (Å²) >= 11 is 0. The number of halogens is 1. The van der Waals surface area contributed by atoms with E-state index < -0.39 is 0 Å². The summed E-state index contributed by atoms with van der Waals surface area (Å²) in [5.41, 5.74) is 2.01. The fourth-order valence-electron chi connectivity index (χ4n) is 3.32. The Balaban J connectivity index is 1.40. The predicted octanol–water partition coefficient (Wildman–Crippen LogP) is 3.33. The number of carbonyl (C=O) groups excluding carboxylic acids is 1. The van der Waals surface area contributed by atoms with Gasteiger partial charge in [-0.25, -0.2) is 9.37 Å². The second-order valence-electron chi connectivity index (χ2n) is 6.55. The Labute approximate surface area is 151 Å². The molecule has 4 nitrogen and oxygen atoms in total. The van der Waals surface area contributed by atoms with Crippen LogP contribution in [0.3, 0.4) is 0 Å². The Morgan fingerprint density at radius 3 is 2.46 bits per heavy atom. The molecule has 0 saturated carbocycles. The van der Waals surface area contributed by atoms with E-state index in [1.807, 2.05) is 47.4 Å². The van der Waals surface area contributed by atoms with Crippen LogP contribution in [0.25, 0.3) is 10.9 Å². The summed E-state index contributed by atoms with van der Waals surface area (Å²) in [6.45, 7) is 3.29. The lowest BCUT2D eigenvalue weighted by Crippen LogP contribution is -2.48. The van der Waals surface area contributed by atoms with Gasteiger partial charge in [-0.3, -0.25) is 9.69 Å². The second kappa shape index (κ2) is 7.22. The highest BCUT2D eigenvalue weighted by Crippen LogP contribution is 2.16. The van der Waals surface area contributed by atoms with Crippen molar-refractivity contribution in [2.75, 3.05) is 26.2 Å².